The molecule has 2 aromatic heterocycles. The van der Waals surface area contributed by atoms with Crippen molar-refractivity contribution in [3.8, 4) is 11.4 Å². The lowest BCUT2D eigenvalue weighted by Crippen LogP contribution is -2.21. The van der Waals surface area contributed by atoms with Crippen LogP contribution in [-0.2, 0) is 0 Å². The first kappa shape index (κ1) is 18.6. The van der Waals surface area contributed by atoms with Crippen molar-refractivity contribution in [3.63, 3.8) is 0 Å². The molecule has 0 spiro atoms. The van der Waals surface area contributed by atoms with Crippen LogP contribution in [0.2, 0.25) is 0 Å². The number of nitrogens with one attached hydrogen (secondary N) is 2. The van der Waals surface area contributed by atoms with E-state index in [0.29, 0.717) is 11.4 Å². The Bertz CT molecular complexity index is 940. The Labute approximate surface area is 153 Å². The molecule has 3 rings (SSSR count). The molecule has 6 nitrogen and oxygen atoms in total. The van der Waals surface area contributed by atoms with Crippen molar-refractivity contribution < 1.29 is 18.3 Å². The predicted octanol–water partition coefficient (Wildman–Crippen LogP) is 3.49. The molecule has 140 valence electrons. The van der Waals surface area contributed by atoms with Crippen molar-refractivity contribution in [1.82, 2.24) is 15.0 Å². The standard InChI is InChI=1S/C18H16F3N5O/c1-10(9-27)23-18-25-14(12-4-2-3-7-22-12)8-15(26-18)24-13-6-5-11(19)16(20)17(13)21/h2-8,10,27H,9H2,1H3,(H2,23,24,25,26)/t10-/m0/s1. The number of aliphatic hydroxyl groups excluding tert-OH is 1. The second-order valence-electron chi connectivity index (χ2n) is 5.75. The van der Waals surface area contributed by atoms with E-state index in [1.165, 1.54) is 6.07 Å². The summed E-state index contributed by atoms with van der Waals surface area (Å²) in [5.74, 6) is -3.92. The molecule has 0 unspecified atom stereocenters. The van der Waals surface area contributed by atoms with E-state index in [9.17, 15) is 18.3 Å². The second-order valence-corrected chi connectivity index (χ2v) is 5.75. The van der Waals surface area contributed by atoms with Crippen molar-refractivity contribution in [2.45, 2.75) is 13.0 Å². The van der Waals surface area contributed by atoms with E-state index in [1.807, 2.05) is 0 Å². The zero-order valence-corrected chi connectivity index (χ0v) is 14.2. The molecule has 0 bridgehead atoms. The molecule has 0 fully saturated rings. The number of hydrogen-bond donors (Lipinski definition) is 3. The highest BCUT2D eigenvalue weighted by Crippen LogP contribution is 2.26. The second kappa shape index (κ2) is 8.00. The Balaban J connectivity index is 2.01. The Morgan fingerprint density at radius 3 is 2.56 bits per heavy atom. The third-order valence-corrected chi connectivity index (χ3v) is 3.60. The van der Waals surface area contributed by atoms with Gasteiger partial charge in [-0.15, -0.1) is 0 Å². The maximum Gasteiger partial charge on any atom is 0.225 e. The molecule has 0 saturated heterocycles. The number of aromatic nitrogens is 3. The fourth-order valence-corrected chi connectivity index (χ4v) is 2.25. The van der Waals surface area contributed by atoms with Crippen LogP contribution in [0.3, 0.4) is 0 Å². The van der Waals surface area contributed by atoms with Crippen molar-refractivity contribution in [1.29, 1.82) is 0 Å². The van der Waals surface area contributed by atoms with Crippen molar-refractivity contribution in [2.24, 2.45) is 0 Å². The smallest absolute Gasteiger partial charge is 0.225 e. The minimum absolute atomic E-state index is 0.142. The number of benzene rings is 1. The summed E-state index contributed by atoms with van der Waals surface area (Å²) >= 11 is 0. The topological polar surface area (TPSA) is 83.0 Å². The van der Waals surface area contributed by atoms with E-state index in [-0.39, 0.29) is 30.1 Å². The summed E-state index contributed by atoms with van der Waals surface area (Å²) in [5.41, 5.74) is 0.679. The lowest BCUT2D eigenvalue weighted by atomic mass is 10.2. The van der Waals surface area contributed by atoms with Crippen LogP contribution >= 0.6 is 0 Å². The quantitative estimate of drug-likeness (QED) is 0.572. The molecule has 3 aromatic rings. The minimum atomic E-state index is -1.58. The molecule has 1 atom stereocenters. The Morgan fingerprint density at radius 2 is 1.85 bits per heavy atom. The summed E-state index contributed by atoms with van der Waals surface area (Å²) in [6, 6.07) is 8.29. The van der Waals surface area contributed by atoms with Crippen molar-refractivity contribution >= 4 is 17.5 Å². The van der Waals surface area contributed by atoms with Gasteiger partial charge in [0.25, 0.3) is 0 Å². The number of pyridine rings is 1. The van der Waals surface area contributed by atoms with Crippen LogP contribution in [0.5, 0.6) is 0 Å². The van der Waals surface area contributed by atoms with E-state index in [2.05, 4.69) is 25.6 Å². The van der Waals surface area contributed by atoms with Crippen LogP contribution in [0.25, 0.3) is 11.4 Å². The highest BCUT2D eigenvalue weighted by atomic mass is 19.2. The van der Waals surface area contributed by atoms with Crippen LogP contribution < -0.4 is 10.6 Å². The zero-order chi connectivity index (χ0) is 19.4. The zero-order valence-electron chi connectivity index (χ0n) is 14.2. The fraction of sp³-hybridized carbons (Fsp3) is 0.167. The lowest BCUT2D eigenvalue weighted by molar-refractivity contribution is 0.281. The number of anilines is 3. The molecule has 0 amide bonds. The van der Waals surface area contributed by atoms with Crippen LogP contribution in [0, 0.1) is 17.5 Å². The first-order chi connectivity index (χ1) is 13.0. The maximum absolute atomic E-state index is 14.0. The van der Waals surface area contributed by atoms with Gasteiger partial charge in [0.2, 0.25) is 5.95 Å². The highest BCUT2D eigenvalue weighted by molar-refractivity contribution is 5.65. The van der Waals surface area contributed by atoms with Gasteiger partial charge in [-0.1, -0.05) is 6.07 Å². The average molecular weight is 375 g/mol. The summed E-state index contributed by atoms with van der Waals surface area (Å²) < 4.78 is 40.5. The van der Waals surface area contributed by atoms with Gasteiger partial charge >= 0.3 is 0 Å². The number of rotatable bonds is 6. The molecule has 0 radical (unpaired) electrons. The Hall–Kier alpha value is -3.20. The van der Waals surface area contributed by atoms with E-state index < -0.39 is 17.5 Å². The van der Waals surface area contributed by atoms with E-state index in [0.717, 1.165) is 12.1 Å². The first-order valence-electron chi connectivity index (χ1n) is 8.06. The molecular formula is C18H16F3N5O. The maximum atomic E-state index is 14.0. The highest BCUT2D eigenvalue weighted by Gasteiger charge is 2.15. The van der Waals surface area contributed by atoms with Crippen molar-refractivity contribution in [3.05, 3.63) is 60.0 Å². The van der Waals surface area contributed by atoms with Gasteiger partial charge in [-0.3, -0.25) is 4.98 Å². The summed E-state index contributed by atoms with van der Waals surface area (Å²) in [6.07, 6.45) is 1.59. The van der Waals surface area contributed by atoms with E-state index in [4.69, 9.17) is 0 Å². The third kappa shape index (κ3) is 4.32. The molecule has 27 heavy (non-hydrogen) atoms. The van der Waals surface area contributed by atoms with Gasteiger partial charge in [0.15, 0.2) is 17.5 Å². The van der Waals surface area contributed by atoms with Gasteiger partial charge in [-0.05, 0) is 31.2 Å². The van der Waals surface area contributed by atoms with Gasteiger partial charge < -0.3 is 15.7 Å². The molecular weight excluding hydrogens is 359 g/mol. The molecule has 1 aromatic carbocycles. The summed E-state index contributed by atoms with van der Waals surface area (Å²) in [7, 11) is 0. The number of halogens is 3. The molecule has 0 saturated carbocycles. The van der Waals surface area contributed by atoms with Crippen LogP contribution in [0.15, 0.2) is 42.6 Å². The Kier molecular flexibility index (Phi) is 5.51. The predicted molar refractivity (Wildman–Crippen MR) is 95.0 cm³/mol. The van der Waals surface area contributed by atoms with E-state index >= 15 is 0 Å². The monoisotopic (exact) mass is 375 g/mol. The summed E-state index contributed by atoms with van der Waals surface area (Å²) in [5, 5.41) is 14.7. The van der Waals surface area contributed by atoms with E-state index in [1.54, 1.807) is 31.3 Å². The number of nitrogens with zero attached hydrogens (tertiary/aromatic N) is 3. The van der Waals surface area contributed by atoms with Crippen molar-refractivity contribution in [2.75, 3.05) is 17.2 Å². The SMILES string of the molecule is C[C@@H](CO)Nc1nc(Nc2ccc(F)c(F)c2F)cc(-c2ccccn2)n1. The number of aliphatic hydroxyl groups is 1. The van der Waals surface area contributed by atoms with Crippen LogP contribution in [0.4, 0.5) is 30.6 Å². The van der Waals surface area contributed by atoms with Gasteiger partial charge in [0.1, 0.15) is 5.82 Å². The molecule has 3 N–H and O–H groups in total. The Morgan fingerprint density at radius 1 is 1.04 bits per heavy atom. The summed E-state index contributed by atoms with van der Waals surface area (Å²) in [4.78, 5) is 12.7. The lowest BCUT2D eigenvalue weighted by Gasteiger charge is -2.14. The van der Waals surface area contributed by atoms with Gasteiger partial charge in [0, 0.05) is 18.3 Å². The molecule has 2 heterocycles. The first-order valence-corrected chi connectivity index (χ1v) is 8.06. The molecule has 9 heteroatoms. The largest absolute Gasteiger partial charge is 0.394 e. The van der Waals surface area contributed by atoms with Crippen LogP contribution in [-0.4, -0.2) is 32.7 Å². The van der Waals surface area contributed by atoms with Crippen LogP contribution in [0.1, 0.15) is 6.92 Å². The van der Waals surface area contributed by atoms with Gasteiger partial charge in [-0.25, -0.2) is 18.2 Å². The van der Waals surface area contributed by atoms with Gasteiger partial charge in [-0.2, -0.15) is 4.98 Å². The minimum Gasteiger partial charge on any atom is -0.394 e. The molecule has 0 aliphatic heterocycles. The summed E-state index contributed by atoms with van der Waals surface area (Å²) in [6.45, 7) is 1.57. The average Bonchev–Trinajstić information content (AvgIpc) is 2.69. The fourth-order valence-electron chi connectivity index (χ4n) is 2.25. The molecule has 0 aliphatic carbocycles. The number of hydrogen-bond acceptors (Lipinski definition) is 6. The normalized spacial score (nSPS) is 11.9. The third-order valence-electron chi connectivity index (χ3n) is 3.60. The van der Waals surface area contributed by atoms with Gasteiger partial charge in [0.05, 0.1) is 23.7 Å². The molecule has 0 aliphatic rings.